The number of amides is 2. The van der Waals surface area contributed by atoms with Crippen LogP contribution in [0, 0.1) is 29.0 Å². The summed E-state index contributed by atoms with van der Waals surface area (Å²) in [5.41, 5.74) is 4.05. The molecule has 4 bridgehead atoms. The number of hydrazine groups is 1. The highest BCUT2D eigenvalue weighted by Crippen LogP contribution is 2.60. The minimum Gasteiger partial charge on any atom is -0.493 e. The number of nitrogens with zero attached hydrogens (tertiary/aromatic N) is 1. The minimum absolute atomic E-state index is 0.0637. The first kappa shape index (κ1) is 26.8. The lowest BCUT2D eigenvalue weighted by molar-refractivity contribution is -0.152. The van der Waals surface area contributed by atoms with E-state index in [1.807, 2.05) is 6.07 Å². The zero-order valence-electron chi connectivity index (χ0n) is 21.4. The highest BCUT2D eigenvalue weighted by Gasteiger charge is 2.55. The van der Waals surface area contributed by atoms with Crippen LogP contribution in [-0.4, -0.2) is 28.3 Å². The SMILES string of the molecule is COc1cc(/C=C2/SC(=S)N(NC(=O)C34CC5CC(CC(C5)C3)C4)C2=O)cc(Br)c1OCc1ccc(F)cc1. The fraction of sp³-hybridized carbons (Fsp3) is 0.414. The van der Waals surface area contributed by atoms with E-state index >= 15 is 0 Å². The third-order valence-electron chi connectivity index (χ3n) is 8.37. The van der Waals surface area contributed by atoms with Gasteiger partial charge in [-0.3, -0.25) is 15.0 Å². The molecule has 10 heteroatoms. The predicted octanol–water partition coefficient (Wildman–Crippen LogP) is 6.62. The van der Waals surface area contributed by atoms with Gasteiger partial charge < -0.3 is 9.47 Å². The average molecular weight is 632 g/mol. The zero-order valence-corrected chi connectivity index (χ0v) is 24.6. The van der Waals surface area contributed by atoms with Gasteiger partial charge >= 0.3 is 0 Å². The summed E-state index contributed by atoms with van der Waals surface area (Å²) in [4.78, 5) is 27.2. The van der Waals surface area contributed by atoms with E-state index in [9.17, 15) is 14.0 Å². The van der Waals surface area contributed by atoms with Crippen LogP contribution in [0.3, 0.4) is 0 Å². The lowest BCUT2D eigenvalue weighted by atomic mass is 9.49. The Morgan fingerprint density at radius 1 is 1.18 bits per heavy atom. The van der Waals surface area contributed by atoms with Crippen LogP contribution in [0.5, 0.6) is 11.5 Å². The van der Waals surface area contributed by atoms with Gasteiger partial charge in [-0.25, -0.2) is 4.39 Å². The molecule has 1 heterocycles. The van der Waals surface area contributed by atoms with Crippen LogP contribution in [0.15, 0.2) is 45.8 Å². The van der Waals surface area contributed by atoms with Crippen molar-refractivity contribution in [1.82, 2.24) is 10.4 Å². The fourth-order valence-electron chi connectivity index (χ4n) is 7.02. The molecule has 6 nitrogen and oxygen atoms in total. The van der Waals surface area contributed by atoms with E-state index < -0.39 is 0 Å². The van der Waals surface area contributed by atoms with E-state index in [0.717, 1.165) is 36.6 Å². The number of ether oxygens (including phenoxy) is 2. The highest BCUT2D eigenvalue weighted by atomic mass is 79.9. The minimum atomic E-state index is -0.371. The maximum absolute atomic E-state index is 13.5. The summed E-state index contributed by atoms with van der Waals surface area (Å²) in [6.07, 6.45) is 8.20. The van der Waals surface area contributed by atoms with E-state index in [1.54, 1.807) is 24.3 Å². The molecule has 0 aromatic heterocycles. The number of rotatable bonds is 7. The van der Waals surface area contributed by atoms with Crippen LogP contribution in [0.25, 0.3) is 6.08 Å². The Bertz CT molecular complexity index is 1340. The van der Waals surface area contributed by atoms with Gasteiger partial charge in [-0.15, -0.1) is 0 Å². The number of benzene rings is 2. The molecule has 4 aliphatic carbocycles. The molecule has 2 amide bonds. The molecule has 2 aromatic carbocycles. The quantitative estimate of drug-likeness (QED) is 0.274. The van der Waals surface area contributed by atoms with Gasteiger partial charge in [-0.2, -0.15) is 5.01 Å². The first-order valence-corrected chi connectivity index (χ1v) is 15.1. The van der Waals surface area contributed by atoms with Crippen molar-refractivity contribution in [2.24, 2.45) is 23.2 Å². The molecule has 0 spiro atoms. The molecule has 0 atom stereocenters. The van der Waals surface area contributed by atoms with Crippen molar-refractivity contribution in [1.29, 1.82) is 0 Å². The highest BCUT2D eigenvalue weighted by molar-refractivity contribution is 9.10. The standard InChI is InChI=1S/C29H28BrFN2O4S2/c1-36-23-10-17(9-22(30)25(23)37-15-16-2-4-21(31)5-3-16)11-24-26(34)33(28(38)39-24)32-27(35)29-12-18-6-19(13-29)8-20(7-18)14-29/h2-5,9-11,18-20H,6-8,12-15H2,1H3,(H,32,35)/b24-11+. The summed E-state index contributed by atoms with van der Waals surface area (Å²) in [7, 11) is 1.54. The number of hydrogen-bond donors (Lipinski definition) is 1. The van der Waals surface area contributed by atoms with Crippen LogP contribution in [0.4, 0.5) is 4.39 Å². The molecule has 1 aliphatic heterocycles. The van der Waals surface area contributed by atoms with Crippen molar-refractivity contribution in [3.05, 3.63) is 62.7 Å². The third-order valence-corrected chi connectivity index (χ3v) is 10.3. The summed E-state index contributed by atoms with van der Waals surface area (Å²) in [5, 5.41) is 1.24. The summed E-state index contributed by atoms with van der Waals surface area (Å²) < 4.78 is 25.6. The molecule has 1 saturated heterocycles. The van der Waals surface area contributed by atoms with Crippen LogP contribution in [0.1, 0.15) is 49.7 Å². The van der Waals surface area contributed by atoms with Gasteiger partial charge in [0.15, 0.2) is 15.8 Å². The number of carbonyl (C=O) groups excluding carboxylic acids is 2. The summed E-state index contributed by atoms with van der Waals surface area (Å²) in [6, 6.07) is 9.68. The van der Waals surface area contributed by atoms with E-state index in [2.05, 4.69) is 21.4 Å². The van der Waals surface area contributed by atoms with Gasteiger partial charge in [0.05, 0.1) is 21.9 Å². The third kappa shape index (κ3) is 5.23. The van der Waals surface area contributed by atoms with Gasteiger partial charge in [0.1, 0.15) is 12.4 Å². The van der Waals surface area contributed by atoms with Crippen LogP contribution < -0.4 is 14.9 Å². The average Bonchev–Trinajstić information content (AvgIpc) is 3.15. The molecule has 39 heavy (non-hydrogen) atoms. The van der Waals surface area contributed by atoms with Gasteiger partial charge in [0.25, 0.3) is 5.91 Å². The van der Waals surface area contributed by atoms with Crippen LogP contribution >= 0.6 is 39.9 Å². The van der Waals surface area contributed by atoms with Gasteiger partial charge in [0, 0.05) is 0 Å². The number of thioether (sulfide) groups is 1. The Labute approximate surface area is 244 Å². The van der Waals surface area contributed by atoms with Crippen molar-refractivity contribution in [3.8, 4) is 11.5 Å². The van der Waals surface area contributed by atoms with Crippen molar-refractivity contribution in [3.63, 3.8) is 0 Å². The largest absolute Gasteiger partial charge is 0.493 e. The lowest BCUT2D eigenvalue weighted by Crippen LogP contribution is -2.57. The Morgan fingerprint density at radius 2 is 1.82 bits per heavy atom. The smallest absolute Gasteiger partial charge is 0.285 e. The Kier molecular flexibility index (Phi) is 7.22. The second kappa shape index (κ2) is 10.5. The summed E-state index contributed by atoms with van der Waals surface area (Å²) in [6.45, 7) is 0.233. The molecule has 5 aliphatic rings. The number of halogens is 2. The van der Waals surface area contributed by atoms with Crippen molar-refractivity contribution in [2.45, 2.75) is 45.1 Å². The molecule has 0 unspecified atom stereocenters. The maximum atomic E-state index is 13.5. The maximum Gasteiger partial charge on any atom is 0.285 e. The number of thiocarbonyl (C=S) groups is 1. The molecule has 4 saturated carbocycles. The molecule has 5 fully saturated rings. The van der Waals surface area contributed by atoms with Crippen molar-refractivity contribution < 1.29 is 23.5 Å². The van der Waals surface area contributed by atoms with E-state index in [1.165, 1.54) is 43.5 Å². The topological polar surface area (TPSA) is 67.9 Å². The first-order valence-electron chi connectivity index (χ1n) is 13.1. The normalized spacial score (nSPS) is 28.3. The molecule has 204 valence electrons. The summed E-state index contributed by atoms with van der Waals surface area (Å²) >= 11 is 10.2. The molecule has 7 rings (SSSR count). The first-order chi connectivity index (χ1) is 18.7. The number of nitrogens with one attached hydrogen (secondary N) is 1. The second-order valence-electron chi connectivity index (χ2n) is 11.1. The Balaban J connectivity index is 1.16. The van der Waals surface area contributed by atoms with Gasteiger partial charge in [-0.05, 0) is 126 Å². The molecular formula is C29H28BrFN2O4S2. The fourth-order valence-corrected chi connectivity index (χ4v) is 8.78. The summed E-state index contributed by atoms with van der Waals surface area (Å²) in [5.74, 6) is 2.15. The van der Waals surface area contributed by atoms with Crippen LogP contribution in [-0.2, 0) is 16.2 Å². The number of hydrogen-bond acceptors (Lipinski definition) is 6. The molecule has 2 aromatic rings. The monoisotopic (exact) mass is 630 g/mol. The van der Waals surface area contributed by atoms with Gasteiger partial charge in [0.2, 0.25) is 5.91 Å². The molecule has 1 N–H and O–H groups in total. The van der Waals surface area contributed by atoms with Gasteiger partial charge in [-0.1, -0.05) is 23.9 Å². The van der Waals surface area contributed by atoms with E-state index in [4.69, 9.17) is 21.7 Å². The van der Waals surface area contributed by atoms with Crippen LogP contribution in [0.2, 0.25) is 0 Å². The zero-order chi connectivity index (χ0) is 27.3. The van der Waals surface area contributed by atoms with Crippen molar-refractivity contribution in [2.75, 3.05) is 7.11 Å². The Hall–Kier alpha value is -2.43. The number of methoxy groups -OCH3 is 1. The second-order valence-corrected chi connectivity index (χ2v) is 13.6. The number of carbonyl (C=O) groups is 2. The molecular weight excluding hydrogens is 603 g/mol. The Morgan fingerprint density at radius 3 is 2.44 bits per heavy atom. The predicted molar refractivity (Wildman–Crippen MR) is 155 cm³/mol. The van der Waals surface area contributed by atoms with E-state index in [0.29, 0.717) is 48.5 Å². The molecule has 0 radical (unpaired) electrons. The lowest BCUT2D eigenvalue weighted by Gasteiger charge is -2.55. The van der Waals surface area contributed by atoms with E-state index in [-0.39, 0.29) is 29.7 Å². The van der Waals surface area contributed by atoms with Crippen molar-refractivity contribution >= 4 is 62.1 Å².